The van der Waals surface area contributed by atoms with Gasteiger partial charge in [-0.2, -0.15) is 0 Å². The van der Waals surface area contributed by atoms with Crippen LogP contribution in [0.4, 0.5) is 0 Å². The summed E-state index contributed by atoms with van der Waals surface area (Å²) < 4.78 is 36.0. The van der Waals surface area contributed by atoms with E-state index in [0.29, 0.717) is 26.2 Å². The van der Waals surface area contributed by atoms with Crippen molar-refractivity contribution in [1.82, 2.24) is 0 Å². The minimum absolute atomic E-state index is 0.000920. The third kappa shape index (κ3) is 44.6. The summed E-state index contributed by atoms with van der Waals surface area (Å²) in [6.45, 7) is 7.31. The summed E-state index contributed by atoms with van der Waals surface area (Å²) in [5, 5.41) is 0. The van der Waals surface area contributed by atoms with Crippen LogP contribution in [-0.4, -0.2) is 76.2 Å². The van der Waals surface area contributed by atoms with E-state index < -0.39 is 7.82 Å². The number of phosphoric ester groups is 1. The second-order valence-corrected chi connectivity index (χ2v) is 18.6. The van der Waals surface area contributed by atoms with Crippen molar-refractivity contribution in [3.63, 3.8) is 0 Å². The Labute approximate surface area is 332 Å². The average Bonchev–Trinajstić information content (AvgIpc) is 3.12. The maximum absolute atomic E-state index is 12.5. The van der Waals surface area contributed by atoms with Crippen LogP contribution in [0.1, 0.15) is 226 Å². The Morgan fingerprint density at radius 2 is 0.774 bits per heavy atom. The van der Waals surface area contributed by atoms with Crippen molar-refractivity contribution < 1.29 is 32.5 Å². The smallest absolute Gasteiger partial charge is 0.379 e. The molecule has 0 aromatic rings. The molecule has 320 valence electrons. The van der Waals surface area contributed by atoms with Crippen molar-refractivity contribution in [3.05, 3.63) is 0 Å². The molecule has 0 rings (SSSR count). The maximum atomic E-state index is 12.5. The Kier molecular flexibility index (Phi) is 40.2. The molecule has 0 saturated carbocycles. The molecular formula is C45H95NO6P+. The van der Waals surface area contributed by atoms with Crippen LogP contribution in [0.25, 0.3) is 0 Å². The van der Waals surface area contributed by atoms with E-state index in [0.717, 1.165) is 30.3 Å². The summed E-state index contributed by atoms with van der Waals surface area (Å²) in [6, 6.07) is 0. The van der Waals surface area contributed by atoms with Crippen LogP contribution in [0.2, 0.25) is 0 Å². The Hall–Kier alpha value is -0.0100. The minimum atomic E-state index is -4.13. The van der Waals surface area contributed by atoms with Crippen LogP contribution < -0.4 is 0 Å². The molecule has 0 aromatic heterocycles. The molecular weight excluding hydrogens is 681 g/mol. The number of hydrogen-bond acceptors (Lipinski definition) is 5. The lowest BCUT2D eigenvalue weighted by Crippen LogP contribution is -2.35. The minimum Gasteiger partial charge on any atom is -0.379 e. The standard InChI is InChI=1S/C45H94NO6P/c1-6-8-10-12-14-16-18-20-22-24-26-28-30-32-34-36-40-49-43-45(44-52-53(47,48)51-42-38-39-46(3,4)5)50-41-37-35-33-31-29-27-25-23-21-19-17-15-13-11-9-7-2/h45H,6-44H2,1-5H3/p+1. The Balaban J connectivity index is 4.07. The van der Waals surface area contributed by atoms with Crippen molar-refractivity contribution in [2.24, 2.45) is 0 Å². The van der Waals surface area contributed by atoms with Crippen LogP contribution in [0, 0.1) is 0 Å². The molecule has 2 unspecified atom stereocenters. The van der Waals surface area contributed by atoms with E-state index >= 15 is 0 Å². The molecule has 0 aromatic carbocycles. The van der Waals surface area contributed by atoms with Gasteiger partial charge in [-0.1, -0.05) is 206 Å². The first-order valence-corrected chi connectivity index (χ1v) is 24.8. The average molecular weight is 777 g/mol. The predicted molar refractivity (Wildman–Crippen MR) is 229 cm³/mol. The number of ether oxygens (including phenoxy) is 2. The highest BCUT2D eigenvalue weighted by atomic mass is 31.2. The van der Waals surface area contributed by atoms with E-state index in [1.807, 2.05) is 0 Å². The third-order valence-electron chi connectivity index (χ3n) is 10.4. The number of hydrogen-bond donors (Lipinski definition) is 1. The fourth-order valence-electron chi connectivity index (χ4n) is 6.94. The van der Waals surface area contributed by atoms with Crippen LogP contribution in [-0.2, 0) is 23.1 Å². The van der Waals surface area contributed by atoms with Crippen LogP contribution in [0.3, 0.4) is 0 Å². The quantitative estimate of drug-likeness (QED) is 0.0377. The van der Waals surface area contributed by atoms with Gasteiger partial charge in [0.2, 0.25) is 0 Å². The van der Waals surface area contributed by atoms with Gasteiger partial charge < -0.3 is 18.9 Å². The van der Waals surface area contributed by atoms with Crippen LogP contribution in [0.5, 0.6) is 0 Å². The second kappa shape index (κ2) is 40.2. The van der Waals surface area contributed by atoms with Crippen molar-refractivity contribution in [2.45, 2.75) is 232 Å². The highest BCUT2D eigenvalue weighted by molar-refractivity contribution is 7.47. The summed E-state index contributed by atoms with van der Waals surface area (Å²) in [5.41, 5.74) is 0. The van der Waals surface area contributed by atoms with Gasteiger partial charge in [0.25, 0.3) is 0 Å². The lowest BCUT2D eigenvalue weighted by Gasteiger charge is -2.24. The second-order valence-electron chi connectivity index (χ2n) is 17.1. The summed E-state index contributed by atoms with van der Waals surface area (Å²) >= 11 is 0. The van der Waals surface area contributed by atoms with Crippen LogP contribution >= 0.6 is 7.82 Å². The highest BCUT2D eigenvalue weighted by Gasteiger charge is 2.24. The molecule has 0 radical (unpaired) electrons. The first kappa shape index (κ1) is 53.0. The molecule has 0 amide bonds. The Morgan fingerprint density at radius 1 is 0.434 bits per heavy atom. The van der Waals surface area contributed by atoms with Gasteiger partial charge >= 0.3 is 7.82 Å². The van der Waals surface area contributed by atoms with E-state index in [1.54, 1.807) is 0 Å². The molecule has 0 aliphatic heterocycles. The van der Waals surface area contributed by atoms with Crippen LogP contribution in [0.15, 0.2) is 0 Å². The van der Waals surface area contributed by atoms with Crippen molar-refractivity contribution >= 4 is 7.82 Å². The molecule has 0 bridgehead atoms. The zero-order chi connectivity index (χ0) is 39.0. The zero-order valence-corrected chi connectivity index (χ0v) is 37.4. The van der Waals surface area contributed by atoms with Crippen molar-refractivity contribution in [1.29, 1.82) is 0 Å². The van der Waals surface area contributed by atoms with Gasteiger partial charge in [0.05, 0.1) is 47.5 Å². The summed E-state index contributed by atoms with van der Waals surface area (Å²) in [6.07, 6.45) is 43.4. The molecule has 0 fully saturated rings. The van der Waals surface area contributed by atoms with Gasteiger partial charge in [-0.05, 0) is 12.8 Å². The molecule has 0 heterocycles. The molecule has 8 heteroatoms. The summed E-state index contributed by atoms with van der Waals surface area (Å²) in [4.78, 5) is 10.3. The Morgan fingerprint density at radius 3 is 1.13 bits per heavy atom. The monoisotopic (exact) mass is 777 g/mol. The zero-order valence-electron chi connectivity index (χ0n) is 36.5. The lowest BCUT2D eigenvalue weighted by atomic mass is 10.0. The molecule has 0 spiro atoms. The molecule has 53 heavy (non-hydrogen) atoms. The third-order valence-corrected chi connectivity index (χ3v) is 11.4. The highest BCUT2D eigenvalue weighted by Crippen LogP contribution is 2.43. The SMILES string of the molecule is CCCCCCCCCCCCCCCCCCOCC(COP(=O)(O)OCCC[N+](C)(C)C)OCCCCCCCCCCCCCCCCCC. The largest absolute Gasteiger partial charge is 0.472 e. The number of rotatable bonds is 45. The van der Waals surface area contributed by atoms with Gasteiger partial charge in [-0.25, -0.2) is 4.57 Å². The lowest BCUT2D eigenvalue weighted by molar-refractivity contribution is -0.870. The van der Waals surface area contributed by atoms with E-state index in [-0.39, 0.29) is 19.3 Å². The van der Waals surface area contributed by atoms with Gasteiger partial charge in [-0.15, -0.1) is 0 Å². The van der Waals surface area contributed by atoms with Crippen molar-refractivity contribution in [2.75, 3.05) is 60.7 Å². The van der Waals surface area contributed by atoms with Crippen molar-refractivity contribution in [3.8, 4) is 0 Å². The van der Waals surface area contributed by atoms with E-state index in [4.69, 9.17) is 18.5 Å². The molecule has 1 N–H and O–H groups in total. The van der Waals surface area contributed by atoms with E-state index in [9.17, 15) is 9.46 Å². The molecule has 0 aliphatic rings. The normalized spacial score (nSPS) is 13.8. The Bertz CT molecular complexity index is 764. The molecule has 0 saturated heterocycles. The fraction of sp³-hybridized carbons (Fsp3) is 1.00. The summed E-state index contributed by atoms with van der Waals surface area (Å²) in [5.74, 6) is 0. The first-order chi connectivity index (χ1) is 25.7. The van der Waals surface area contributed by atoms with E-state index in [1.165, 1.54) is 186 Å². The summed E-state index contributed by atoms with van der Waals surface area (Å²) in [7, 11) is 2.15. The molecule has 0 aliphatic carbocycles. The number of nitrogens with zero attached hydrogens (tertiary/aromatic N) is 1. The molecule has 7 nitrogen and oxygen atoms in total. The predicted octanol–water partition coefficient (Wildman–Crippen LogP) is 14.1. The number of phosphoric acid groups is 1. The number of unbranched alkanes of at least 4 members (excludes halogenated alkanes) is 30. The van der Waals surface area contributed by atoms with E-state index in [2.05, 4.69) is 35.0 Å². The van der Waals surface area contributed by atoms with Gasteiger partial charge in [0.1, 0.15) is 6.10 Å². The topological polar surface area (TPSA) is 74.2 Å². The van der Waals surface area contributed by atoms with Gasteiger partial charge in [-0.3, -0.25) is 9.05 Å². The number of quaternary nitrogens is 1. The van der Waals surface area contributed by atoms with Gasteiger partial charge in [0, 0.05) is 19.6 Å². The van der Waals surface area contributed by atoms with Gasteiger partial charge in [0.15, 0.2) is 0 Å². The first-order valence-electron chi connectivity index (χ1n) is 23.3. The maximum Gasteiger partial charge on any atom is 0.472 e. The fourth-order valence-corrected chi connectivity index (χ4v) is 7.73. The molecule has 2 atom stereocenters.